The molecule has 96 valence electrons. The highest BCUT2D eigenvalue weighted by Crippen LogP contribution is 2.27. The van der Waals surface area contributed by atoms with Crippen molar-refractivity contribution >= 4 is 12.4 Å². The number of nitrogens with one attached hydrogen (secondary N) is 1. The Balaban J connectivity index is 0.00000128. The number of rotatable bonds is 2. The molecule has 3 unspecified atom stereocenters. The van der Waals surface area contributed by atoms with Crippen LogP contribution in [0.25, 0.3) is 0 Å². The van der Waals surface area contributed by atoms with E-state index in [0.29, 0.717) is 17.6 Å². The van der Waals surface area contributed by atoms with Gasteiger partial charge in [0, 0.05) is 26.2 Å². The van der Waals surface area contributed by atoms with Crippen LogP contribution in [0.3, 0.4) is 0 Å². The second-order valence-corrected chi connectivity index (χ2v) is 5.69. The van der Waals surface area contributed by atoms with E-state index in [2.05, 4.69) is 31.0 Å². The van der Waals surface area contributed by atoms with Gasteiger partial charge in [0.15, 0.2) is 0 Å². The second kappa shape index (κ2) is 5.67. The number of ether oxygens (including phenoxy) is 1. The summed E-state index contributed by atoms with van der Waals surface area (Å²) in [4.78, 5) is 2.58. The molecule has 2 heterocycles. The Morgan fingerprint density at radius 3 is 2.44 bits per heavy atom. The summed E-state index contributed by atoms with van der Waals surface area (Å²) in [7, 11) is 0. The van der Waals surface area contributed by atoms with Crippen molar-refractivity contribution in [2.45, 2.75) is 39.4 Å². The molecule has 2 saturated heterocycles. The van der Waals surface area contributed by atoms with Gasteiger partial charge in [0.1, 0.15) is 0 Å². The topological polar surface area (TPSA) is 24.5 Å². The standard InChI is InChI=1S/C12H24N2O.ClH/c1-10-6-14(7-11(2)15-10)9-12(3)4-5-13-8-12;/h10-11,13H,4-9H2,1-3H3;1H. The third-order valence-electron chi connectivity index (χ3n) is 3.56. The van der Waals surface area contributed by atoms with Crippen molar-refractivity contribution < 1.29 is 4.74 Å². The Kier molecular flexibility index (Phi) is 5.05. The monoisotopic (exact) mass is 248 g/mol. The molecule has 2 rings (SSSR count). The number of hydrogen-bond donors (Lipinski definition) is 1. The van der Waals surface area contributed by atoms with Crippen molar-refractivity contribution in [3.05, 3.63) is 0 Å². The van der Waals surface area contributed by atoms with E-state index in [1.165, 1.54) is 26.1 Å². The zero-order valence-electron chi connectivity index (χ0n) is 10.7. The van der Waals surface area contributed by atoms with Gasteiger partial charge in [0.25, 0.3) is 0 Å². The third-order valence-corrected chi connectivity index (χ3v) is 3.56. The number of hydrogen-bond acceptors (Lipinski definition) is 3. The first-order valence-electron chi connectivity index (χ1n) is 6.16. The van der Waals surface area contributed by atoms with E-state index in [0.717, 1.165) is 13.1 Å². The lowest BCUT2D eigenvalue weighted by Crippen LogP contribution is -2.49. The van der Waals surface area contributed by atoms with Gasteiger partial charge in [0.2, 0.25) is 0 Å². The molecular weight excluding hydrogens is 224 g/mol. The van der Waals surface area contributed by atoms with Gasteiger partial charge in [-0.05, 0) is 32.2 Å². The molecular formula is C12H25ClN2O. The van der Waals surface area contributed by atoms with Gasteiger partial charge in [-0.1, -0.05) is 6.92 Å². The predicted molar refractivity (Wildman–Crippen MR) is 69.3 cm³/mol. The summed E-state index contributed by atoms with van der Waals surface area (Å²) in [6.07, 6.45) is 2.10. The third kappa shape index (κ3) is 3.59. The minimum Gasteiger partial charge on any atom is -0.373 e. The predicted octanol–water partition coefficient (Wildman–Crippen LogP) is 1.52. The van der Waals surface area contributed by atoms with Crippen molar-refractivity contribution in [2.24, 2.45) is 5.41 Å². The molecule has 2 aliphatic heterocycles. The molecule has 0 aromatic rings. The van der Waals surface area contributed by atoms with Gasteiger partial charge in [-0.15, -0.1) is 12.4 Å². The summed E-state index contributed by atoms with van der Waals surface area (Å²) in [5.41, 5.74) is 0.483. The molecule has 3 nitrogen and oxygen atoms in total. The van der Waals surface area contributed by atoms with Crippen molar-refractivity contribution in [1.82, 2.24) is 10.2 Å². The van der Waals surface area contributed by atoms with Crippen molar-refractivity contribution in [1.29, 1.82) is 0 Å². The molecule has 2 fully saturated rings. The van der Waals surface area contributed by atoms with Crippen molar-refractivity contribution in [3.63, 3.8) is 0 Å². The van der Waals surface area contributed by atoms with Crippen LogP contribution in [0, 0.1) is 5.41 Å². The average molecular weight is 249 g/mol. The molecule has 0 aliphatic carbocycles. The number of halogens is 1. The molecule has 0 spiro atoms. The van der Waals surface area contributed by atoms with Crippen molar-refractivity contribution in [3.8, 4) is 0 Å². The summed E-state index contributed by atoms with van der Waals surface area (Å²) in [6, 6.07) is 0. The van der Waals surface area contributed by atoms with E-state index in [4.69, 9.17) is 4.74 Å². The lowest BCUT2D eigenvalue weighted by atomic mass is 9.89. The largest absolute Gasteiger partial charge is 0.373 e. The van der Waals surface area contributed by atoms with Crippen LogP contribution in [-0.4, -0.2) is 49.8 Å². The highest BCUT2D eigenvalue weighted by atomic mass is 35.5. The SMILES string of the molecule is CC1CN(CC2(C)CCNC2)CC(C)O1.Cl. The molecule has 0 aromatic carbocycles. The van der Waals surface area contributed by atoms with Crippen LogP contribution in [-0.2, 0) is 4.74 Å². The Morgan fingerprint density at radius 1 is 1.31 bits per heavy atom. The van der Waals surface area contributed by atoms with E-state index >= 15 is 0 Å². The summed E-state index contributed by atoms with van der Waals surface area (Å²) < 4.78 is 5.76. The number of nitrogens with zero attached hydrogens (tertiary/aromatic N) is 1. The van der Waals surface area contributed by atoms with Crippen molar-refractivity contribution in [2.75, 3.05) is 32.7 Å². The fourth-order valence-corrected chi connectivity index (χ4v) is 2.96. The smallest absolute Gasteiger partial charge is 0.0678 e. The van der Waals surface area contributed by atoms with Gasteiger partial charge in [0.05, 0.1) is 12.2 Å². The number of morpholine rings is 1. The maximum Gasteiger partial charge on any atom is 0.0678 e. The fraction of sp³-hybridized carbons (Fsp3) is 1.00. The molecule has 3 atom stereocenters. The summed E-state index contributed by atoms with van der Waals surface area (Å²) in [6.45, 7) is 12.5. The minimum absolute atomic E-state index is 0. The highest BCUT2D eigenvalue weighted by Gasteiger charge is 2.33. The zero-order valence-corrected chi connectivity index (χ0v) is 11.5. The molecule has 2 aliphatic rings. The van der Waals surface area contributed by atoms with Crippen LogP contribution in [0.5, 0.6) is 0 Å². The molecule has 0 aromatic heterocycles. The van der Waals surface area contributed by atoms with Gasteiger partial charge in [-0.25, -0.2) is 0 Å². The molecule has 0 radical (unpaired) electrons. The van der Waals surface area contributed by atoms with Gasteiger partial charge >= 0.3 is 0 Å². The minimum atomic E-state index is 0. The van der Waals surface area contributed by atoms with Gasteiger partial charge < -0.3 is 10.1 Å². The molecule has 0 saturated carbocycles. The first kappa shape index (κ1) is 14.2. The normalized spacial score (nSPS) is 40.7. The Morgan fingerprint density at radius 2 is 1.94 bits per heavy atom. The van der Waals surface area contributed by atoms with Gasteiger partial charge in [-0.3, -0.25) is 4.90 Å². The van der Waals surface area contributed by atoms with Crippen LogP contribution < -0.4 is 5.32 Å². The Bertz CT molecular complexity index is 209. The van der Waals surface area contributed by atoms with Crippen LogP contribution in [0.2, 0.25) is 0 Å². The summed E-state index contributed by atoms with van der Waals surface area (Å²) in [5, 5.41) is 3.47. The maximum absolute atomic E-state index is 5.76. The zero-order chi connectivity index (χ0) is 10.9. The Labute approximate surface area is 105 Å². The first-order valence-corrected chi connectivity index (χ1v) is 6.16. The van der Waals surface area contributed by atoms with E-state index in [9.17, 15) is 0 Å². The lowest BCUT2D eigenvalue weighted by Gasteiger charge is -2.39. The quantitative estimate of drug-likeness (QED) is 0.802. The molecule has 16 heavy (non-hydrogen) atoms. The first-order chi connectivity index (χ1) is 7.07. The van der Waals surface area contributed by atoms with E-state index in [1.54, 1.807) is 0 Å². The molecule has 1 N–H and O–H groups in total. The van der Waals surface area contributed by atoms with Crippen LogP contribution >= 0.6 is 12.4 Å². The molecule has 4 heteroatoms. The van der Waals surface area contributed by atoms with E-state index in [1.807, 2.05) is 0 Å². The fourth-order valence-electron chi connectivity index (χ4n) is 2.96. The highest BCUT2D eigenvalue weighted by molar-refractivity contribution is 5.85. The molecule has 0 amide bonds. The Hall–Kier alpha value is 0.170. The van der Waals surface area contributed by atoms with Gasteiger partial charge in [-0.2, -0.15) is 0 Å². The van der Waals surface area contributed by atoms with Crippen LogP contribution in [0.4, 0.5) is 0 Å². The molecule has 0 bridgehead atoms. The maximum atomic E-state index is 5.76. The second-order valence-electron chi connectivity index (χ2n) is 5.69. The van der Waals surface area contributed by atoms with Crippen LogP contribution in [0.15, 0.2) is 0 Å². The average Bonchev–Trinajstić information content (AvgIpc) is 2.49. The van der Waals surface area contributed by atoms with E-state index < -0.39 is 0 Å². The van der Waals surface area contributed by atoms with Crippen LogP contribution in [0.1, 0.15) is 27.2 Å². The summed E-state index contributed by atoms with van der Waals surface area (Å²) >= 11 is 0. The lowest BCUT2D eigenvalue weighted by molar-refractivity contribution is -0.0755. The summed E-state index contributed by atoms with van der Waals surface area (Å²) in [5.74, 6) is 0. The van der Waals surface area contributed by atoms with E-state index in [-0.39, 0.29) is 12.4 Å².